The maximum Gasteiger partial charge on any atom is 0.281 e. The molecule has 1 amide bonds. The van der Waals surface area contributed by atoms with E-state index in [0.717, 1.165) is 5.69 Å². The number of fused-ring (bicyclic) bond motifs is 1. The Hall–Kier alpha value is -3.16. The summed E-state index contributed by atoms with van der Waals surface area (Å²) < 4.78 is 3.30. The largest absolute Gasteiger partial charge is 0.339 e. The molecule has 3 aromatic rings. The van der Waals surface area contributed by atoms with E-state index in [2.05, 4.69) is 10.00 Å². The van der Waals surface area contributed by atoms with Crippen LogP contribution in [0.1, 0.15) is 23.0 Å². The zero-order valence-electron chi connectivity index (χ0n) is 16.4. The second kappa shape index (κ2) is 7.10. The van der Waals surface area contributed by atoms with Gasteiger partial charge in [-0.3, -0.25) is 18.8 Å². The van der Waals surface area contributed by atoms with Crippen molar-refractivity contribution in [1.29, 1.82) is 0 Å². The first-order valence-corrected chi connectivity index (χ1v) is 9.54. The van der Waals surface area contributed by atoms with E-state index in [9.17, 15) is 9.59 Å². The van der Waals surface area contributed by atoms with Crippen LogP contribution in [-0.2, 0) is 13.6 Å². The molecule has 1 aliphatic heterocycles. The van der Waals surface area contributed by atoms with E-state index in [4.69, 9.17) is 4.98 Å². The Morgan fingerprint density at radius 2 is 1.79 bits per heavy atom. The maximum atomic E-state index is 13.0. The molecule has 1 aromatic carbocycles. The fourth-order valence-corrected chi connectivity index (χ4v) is 3.80. The highest BCUT2D eigenvalue weighted by Gasteiger charge is 2.26. The Labute approximate surface area is 163 Å². The second-order valence-electron chi connectivity index (χ2n) is 7.01. The third kappa shape index (κ3) is 2.94. The highest BCUT2D eigenvalue weighted by atomic mass is 16.2. The molecule has 2 aromatic heterocycles. The van der Waals surface area contributed by atoms with Crippen molar-refractivity contribution in [2.45, 2.75) is 20.4 Å². The topological polar surface area (TPSA) is 76.3 Å². The van der Waals surface area contributed by atoms with Crippen molar-refractivity contribution in [3.8, 4) is 0 Å². The maximum absolute atomic E-state index is 13.0. The summed E-state index contributed by atoms with van der Waals surface area (Å²) in [6, 6.07) is 9.33. The van der Waals surface area contributed by atoms with E-state index < -0.39 is 0 Å². The Bertz CT molecular complexity index is 1080. The minimum Gasteiger partial charge on any atom is -0.339 e. The van der Waals surface area contributed by atoms with Gasteiger partial charge in [-0.25, -0.2) is 4.98 Å². The Kier molecular flexibility index (Phi) is 4.62. The van der Waals surface area contributed by atoms with E-state index in [1.54, 1.807) is 16.3 Å². The highest BCUT2D eigenvalue weighted by molar-refractivity contribution is 5.94. The number of anilines is 1. The van der Waals surface area contributed by atoms with Crippen molar-refractivity contribution in [3.05, 3.63) is 51.9 Å². The van der Waals surface area contributed by atoms with Crippen molar-refractivity contribution in [3.63, 3.8) is 0 Å². The van der Waals surface area contributed by atoms with Crippen LogP contribution in [0.4, 0.5) is 5.95 Å². The van der Waals surface area contributed by atoms with Crippen LogP contribution in [0.15, 0.2) is 35.1 Å². The third-order valence-electron chi connectivity index (χ3n) is 5.28. The zero-order valence-corrected chi connectivity index (χ0v) is 16.4. The zero-order chi connectivity index (χ0) is 19.8. The summed E-state index contributed by atoms with van der Waals surface area (Å²) in [6.45, 7) is 6.80. The number of carbonyl (C=O) groups is 1. The summed E-state index contributed by atoms with van der Waals surface area (Å²) in [6.07, 6.45) is 0. The molecule has 146 valence electrons. The lowest BCUT2D eigenvalue weighted by molar-refractivity contribution is 0.0746. The number of hydrogen-bond acceptors (Lipinski definition) is 5. The first-order chi connectivity index (χ1) is 13.5. The lowest BCUT2D eigenvalue weighted by Crippen LogP contribution is -2.50. The fourth-order valence-electron chi connectivity index (χ4n) is 3.80. The lowest BCUT2D eigenvalue weighted by Gasteiger charge is -2.36. The van der Waals surface area contributed by atoms with Gasteiger partial charge in [0.15, 0.2) is 5.52 Å². The van der Waals surface area contributed by atoms with Gasteiger partial charge in [-0.1, -0.05) is 18.2 Å². The van der Waals surface area contributed by atoms with Gasteiger partial charge in [-0.15, -0.1) is 0 Å². The number of aromatic nitrogens is 4. The fraction of sp³-hybridized carbons (Fsp3) is 0.400. The molecule has 0 bridgehead atoms. The molecule has 0 saturated carbocycles. The van der Waals surface area contributed by atoms with Gasteiger partial charge >= 0.3 is 0 Å². The quantitative estimate of drug-likeness (QED) is 0.687. The van der Waals surface area contributed by atoms with Gasteiger partial charge < -0.3 is 9.80 Å². The summed E-state index contributed by atoms with van der Waals surface area (Å²) in [7, 11) is 1.77. The molecule has 0 atom stereocenters. The van der Waals surface area contributed by atoms with Gasteiger partial charge in [0.05, 0.1) is 5.69 Å². The number of amides is 1. The molecule has 8 heteroatoms. The van der Waals surface area contributed by atoms with Gasteiger partial charge in [0.1, 0.15) is 5.52 Å². The van der Waals surface area contributed by atoms with E-state index >= 15 is 0 Å². The molecule has 0 N–H and O–H groups in total. The van der Waals surface area contributed by atoms with Crippen LogP contribution >= 0.6 is 0 Å². The van der Waals surface area contributed by atoms with Crippen LogP contribution in [0.5, 0.6) is 0 Å². The van der Waals surface area contributed by atoms with Crippen molar-refractivity contribution in [2.75, 3.05) is 31.1 Å². The highest BCUT2D eigenvalue weighted by Crippen LogP contribution is 2.19. The second-order valence-corrected chi connectivity index (χ2v) is 7.01. The van der Waals surface area contributed by atoms with Crippen LogP contribution in [-0.4, -0.2) is 56.3 Å². The lowest BCUT2D eigenvalue weighted by atomic mass is 10.2. The predicted octanol–water partition coefficient (Wildman–Crippen LogP) is 1.42. The van der Waals surface area contributed by atoms with Crippen molar-refractivity contribution in [1.82, 2.24) is 24.2 Å². The number of hydrogen-bond donors (Lipinski definition) is 0. The van der Waals surface area contributed by atoms with Crippen molar-refractivity contribution >= 4 is 22.9 Å². The van der Waals surface area contributed by atoms with Gasteiger partial charge in [0, 0.05) is 45.3 Å². The summed E-state index contributed by atoms with van der Waals surface area (Å²) in [5.74, 6) is 0.697. The summed E-state index contributed by atoms with van der Waals surface area (Å²) in [4.78, 5) is 34.4. The Morgan fingerprint density at radius 3 is 2.43 bits per heavy atom. The molecule has 0 radical (unpaired) electrons. The minimum absolute atomic E-state index is 0.0413. The first kappa shape index (κ1) is 18.2. The van der Waals surface area contributed by atoms with Gasteiger partial charge in [0.2, 0.25) is 5.95 Å². The van der Waals surface area contributed by atoms with E-state index in [1.165, 1.54) is 0 Å². The smallest absolute Gasteiger partial charge is 0.281 e. The minimum atomic E-state index is -0.0756. The number of benzene rings is 1. The number of aryl methyl sites for hydroxylation is 2. The average Bonchev–Trinajstić information content (AvgIpc) is 3.01. The van der Waals surface area contributed by atoms with Gasteiger partial charge in [0.25, 0.3) is 11.5 Å². The summed E-state index contributed by atoms with van der Waals surface area (Å²) >= 11 is 0. The molecule has 1 fully saturated rings. The van der Waals surface area contributed by atoms with E-state index in [0.29, 0.717) is 55.3 Å². The van der Waals surface area contributed by atoms with Gasteiger partial charge in [-0.05, 0) is 26.0 Å². The average molecular weight is 380 g/mol. The molecule has 0 spiro atoms. The van der Waals surface area contributed by atoms with E-state index in [-0.39, 0.29) is 11.5 Å². The van der Waals surface area contributed by atoms with Crippen LogP contribution in [0.2, 0.25) is 0 Å². The molecular formula is C20H24N6O2. The SMILES string of the molecule is CCn1c(N2CCN(C(=O)c3ccccc3)CC2)nc2c(C)nn(C)c2c1=O. The summed E-state index contributed by atoms with van der Waals surface area (Å²) in [5.41, 5.74) is 2.55. The van der Waals surface area contributed by atoms with Crippen LogP contribution in [0.3, 0.4) is 0 Å². The Balaban J connectivity index is 1.61. The third-order valence-corrected chi connectivity index (χ3v) is 5.28. The first-order valence-electron chi connectivity index (χ1n) is 9.54. The van der Waals surface area contributed by atoms with Crippen LogP contribution < -0.4 is 10.5 Å². The molecule has 0 unspecified atom stereocenters. The standard InChI is InChI=1S/C20H24N6O2/c1-4-26-19(28)17-16(14(2)22-23(17)3)21-20(26)25-12-10-24(11-13-25)18(27)15-8-6-5-7-9-15/h5-9H,4,10-13H2,1-3H3. The number of nitrogens with zero attached hydrogens (tertiary/aromatic N) is 6. The molecule has 28 heavy (non-hydrogen) atoms. The van der Waals surface area contributed by atoms with E-state index in [1.807, 2.05) is 49.1 Å². The molecule has 3 heterocycles. The molecule has 1 aliphatic rings. The number of rotatable bonds is 3. The van der Waals surface area contributed by atoms with Crippen LogP contribution in [0, 0.1) is 6.92 Å². The molecule has 8 nitrogen and oxygen atoms in total. The van der Waals surface area contributed by atoms with Crippen molar-refractivity contribution < 1.29 is 4.79 Å². The molecule has 4 rings (SSSR count). The van der Waals surface area contributed by atoms with Crippen LogP contribution in [0.25, 0.3) is 11.0 Å². The van der Waals surface area contributed by atoms with Crippen molar-refractivity contribution in [2.24, 2.45) is 7.05 Å². The number of carbonyl (C=O) groups excluding carboxylic acids is 1. The predicted molar refractivity (Wildman–Crippen MR) is 108 cm³/mol. The molecule has 1 saturated heterocycles. The Morgan fingerprint density at radius 1 is 1.11 bits per heavy atom. The van der Waals surface area contributed by atoms with Gasteiger partial charge in [-0.2, -0.15) is 5.10 Å². The molecule has 0 aliphatic carbocycles. The molecular weight excluding hydrogens is 356 g/mol. The monoisotopic (exact) mass is 380 g/mol. The number of piperazine rings is 1. The summed E-state index contributed by atoms with van der Waals surface area (Å²) in [5, 5.41) is 4.35. The normalized spacial score (nSPS) is 14.7.